The quantitative estimate of drug-likeness (QED) is 0.860. The molecule has 0 aliphatic carbocycles. The zero-order chi connectivity index (χ0) is 15.4. The molecule has 6 heteroatoms. The summed E-state index contributed by atoms with van der Waals surface area (Å²) in [6, 6.07) is 7.38. The van der Waals surface area contributed by atoms with E-state index in [9.17, 15) is 4.79 Å². The van der Waals surface area contributed by atoms with Crippen LogP contribution in [0.1, 0.15) is 48.5 Å². The van der Waals surface area contributed by atoms with Crippen LogP contribution in [0.3, 0.4) is 0 Å². The van der Waals surface area contributed by atoms with Crippen LogP contribution in [-0.2, 0) is 0 Å². The molecule has 2 aromatic rings. The van der Waals surface area contributed by atoms with Gasteiger partial charge in [-0.3, -0.25) is 4.79 Å². The highest BCUT2D eigenvalue weighted by Crippen LogP contribution is 2.25. The summed E-state index contributed by atoms with van der Waals surface area (Å²) >= 11 is 1.16. The highest BCUT2D eigenvalue weighted by Gasteiger charge is 2.24. The number of anilines is 2. The molecule has 1 heterocycles. The maximum atomic E-state index is 12.8. The molecule has 0 aliphatic heterocycles. The lowest BCUT2D eigenvalue weighted by molar-refractivity contribution is 0.0989. The van der Waals surface area contributed by atoms with Crippen molar-refractivity contribution < 1.29 is 4.79 Å². The Morgan fingerprint density at radius 2 is 2.19 bits per heavy atom. The van der Waals surface area contributed by atoms with E-state index in [4.69, 9.17) is 5.73 Å². The Morgan fingerprint density at radius 1 is 1.43 bits per heavy atom. The summed E-state index contributed by atoms with van der Waals surface area (Å²) in [5, 5.41) is 4.09. The molecule has 0 saturated carbocycles. The third-order valence-electron chi connectivity index (χ3n) is 3.13. The molecule has 2 rings (SSSR count). The highest BCUT2D eigenvalue weighted by molar-refractivity contribution is 7.08. The zero-order valence-corrected chi connectivity index (χ0v) is 13.4. The van der Waals surface area contributed by atoms with Crippen molar-refractivity contribution in [3.05, 3.63) is 34.8 Å². The fourth-order valence-electron chi connectivity index (χ4n) is 2.11. The maximum absolute atomic E-state index is 12.8. The highest BCUT2D eigenvalue weighted by atomic mass is 32.1. The second-order valence-electron chi connectivity index (χ2n) is 5.19. The topological polar surface area (TPSA) is 72.1 Å². The van der Waals surface area contributed by atoms with Gasteiger partial charge >= 0.3 is 0 Å². The van der Waals surface area contributed by atoms with Crippen LogP contribution in [0.15, 0.2) is 24.3 Å². The molecule has 0 spiro atoms. The van der Waals surface area contributed by atoms with E-state index in [1.807, 2.05) is 45.0 Å². The number of aromatic nitrogens is 2. The van der Waals surface area contributed by atoms with E-state index in [-0.39, 0.29) is 11.8 Å². The molecule has 0 unspecified atom stereocenters. The van der Waals surface area contributed by atoms with Crippen molar-refractivity contribution in [2.45, 2.75) is 33.1 Å². The second kappa shape index (κ2) is 6.67. The van der Waals surface area contributed by atoms with E-state index in [0.717, 1.165) is 29.3 Å². The lowest BCUT2D eigenvalue weighted by atomic mass is 10.1. The molecule has 0 aliphatic rings. The Bertz CT molecular complexity index is 624. The van der Waals surface area contributed by atoms with Gasteiger partial charge in [-0.1, -0.05) is 31.3 Å². The summed E-state index contributed by atoms with van der Waals surface area (Å²) in [6.45, 7) is 6.70. The number of carbonyl (C=O) groups excluding carboxylic acids is 1. The van der Waals surface area contributed by atoms with Gasteiger partial charge in [0.1, 0.15) is 4.88 Å². The number of hydrogen-bond acceptors (Lipinski definition) is 5. The van der Waals surface area contributed by atoms with Crippen LogP contribution in [0.2, 0.25) is 0 Å². The van der Waals surface area contributed by atoms with Crippen LogP contribution in [0.4, 0.5) is 11.4 Å². The van der Waals surface area contributed by atoms with Gasteiger partial charge in [-0.2, -0.15) is 0 Å². The van der Waals surface area contributed by atoms with Gasteiger partial charge < -0.3 is 10.6 Å². The SMILES string of the molecule is CCCN(C(=O)c1snnc1C(C)C)c1cccc(N)c1. The summed E-state index contributed by atoms with van der Waals surface area (Å²) in [4.78, 5) is 15.2. The Balaban J connectivity index is 2.38. The first kappa shape index (κ1) is 15.4. The first-order valence-corrected chi connectivity index (χ1v) is 7.81. The lowest BCUT2D eigenvalue weighted by Gasteiger charge is -2.22. The van der Waals surface area contributed by atoms with Gasteiger partial charge in [0.25, 0.3) is 5.91 Å². The number of nitrogens with zero attached hydrogens (tertiary/aromatic N) is 3. The third kappa shape index (κ3) is 3.39. The maximum Gasteiger partial charge on any atom is 0.271 e. The normalized spacial score (nSPS) is 10.9. The van der Waals surface area contributed by atoms with Gasteiger partial charge in [-0.25, -0.2) is 0 Å². The summed E-state index contributed by atoms with van der Waals surface area (Å²) in [5.74, 6) is 0.119. The van der Waals surface area contributed by atoms with Crippen LogP contribution in [0, 0.1) is 0 Å². The number of nitrogen functional groups attached to an aromatic ring is 1. The average molecular weight is 304 g/mol. The van der Waals surface area contributed by atoms with Crippen LogP contribution in [-0.4, -0.2) is 22.0 Å². The predicted molar refractivity (Wildman–Crippen MR) is 86.8 cm³/mol. The summed E-state index contributed by atoms with van der Waals surface area (Å²) in [5.41, 5.74) is 8.05. The number of rotatable bonds is 5. The van der Waals surface area contributed by atoms with Crippen LogP contribution >= 0.6 is 11.5 Å². The van der Waals surface area contributed by atoms with E-state index >= 15 is 0 Å². The van der Waals surface area contributed by atoms with Crippen LogP contribution in [0.5, 0.6) is 0 Å². The molecule has 21 heavy (non-hydrogen) atoms. The predicted octanol–water partition coefficient (Wildman–Crippen LogP) is 3.30. The van der Waals surface area contributed by atoms with Crippen molar-refractivity contribution in [2.75, 3.05) is 17.2 Å². The minimum Gasteiger partial charge on any atom is -0.399 e. The first-order valence-electron chi connectivity index (χ1n) is 7.04. The van der Waals surface area contributed by atoms with Gasteiger partial charge in [0.05, 0.1) is 5.69 Å². The minimum absolute atomic E-state index is 0.0545. The minimum atomic E-state index is -0.0545. The second-order valence-corrected chi connectivity index (χ2v) is 5.95. The fourth-order valence-corrected chi connectivity index (χ4v) is 2.88. The van der Waals surface area contributed by atoms with Crippen molar-refractivity contribution in [3.63, 3.8) is 0 Å². The molecule has 0 bridgehead atoms. The molecule has 0 saturated heterocycles. The molecular formula is C15H20N4OS. The largest absolute Gasteiger partial charge is 0.399 e. The molecule has 5 nitrogen and oxygen atoms in total. The number of benzene rings is 1. The van der Waals surface area contributed by atoms with E-state index in [2.05, 4.69) is 9.59 Å². The summed E-state index contributed by atoms with van der Waals surface area (Å²) < 4.78 is 3.94. The molecule has 1 amide bonds. The molecule has 1 aromatic heterocycles. The van der Waals surface area contributed by atoms with Gasteiger partial charge in [0, 0.05) is 17.9 Å². The summed E-state index contributed by atoms with van der Waals surface area (Å²) in [7, 11) is 0. The molecule has 112 valence electrons. The monoisotopic (exact) mass is 304 g/mol. The van der Waals surface area contributed by atoms with Gasteiger partial charge in [-0.15, -0.1) is 5.10 Å². The van der Waals surface area contributed by atoms with Crippen LogP contribution in [0.25, 0.3) is 0 Å². The molecule has 2 N–H and O–H groups in total. The van der Waals surface area contributed by atoms with Crippen LogP contribution < -0.4 is 10.6 Å². The number of carbonyl (C=O) groups is 1. The van der Waals surface area contributed by atoms with Crippen molar-refractivity contribution >= 4 is 28.8 Å². The standard InChI is InChI=1S/C15H20N4OS/c1-4-8-19(12-7-5-6-11(16)9-12)15(20)14-13(10(2)3)17-18-21-14/h5-7,9-10H,4,8,16H2,1-3H3. The van der Waals surface area contributed by atoms with E-state index < -0.39 is 0 Å². The van der Waals surface area contributed by atoms with Gasteiger partial charge in [0.2, 0.25) is 0 Å². The average Bonchev–Trinajstić information content (AvgIpc) is 2.93. The first-order chi connectivity index (χ1) is 10.0. The third-order valence-corrected chi connectivity index (χ3v) is 3.86. The fraction of sp³-hybridized carbons (Fsp3) is 0.400. The smallest absolute Gasteiger partial charge is 0.271 e. The Hall–Kier alpha value is -1.95. The van der Waals surface area contributed by atoms with Crippen molar-refractivity contribution in [1.29, 1.82) is 0 Å². The van der Waals surface area contributed by atoms with E-state index in [1.54, 1.807) is 4.90 Å². The molecule has 0 atom stereocenters. The van der Waals surface area contributed by atoms with Crippen molar-refractivity contribution in [2.24, 2.45) is 0 Å². The van der Waals surface area contributed by atoms with Crippen molar-refractivity contribution in [1.82, 2.24) is 9.59 Å². The Labute approximate surface area is 128 Å². The van der Waals surface area contributed by atoms with Gasteiger partial charge in [-0.05, 0) is 42.1 Å². The number of hydrogen-bond donors (Lipinski definition) is 1. The molecular weight excluding hydrogens is 284 g/mol. The molecule has 0 radical (unpaired) electrons. The van der Waals surface area contributed by atoms with E-state index in [1.165, 1.54) is 0 Å². The zero-order valence-electron chi connectivity index (χ0n) is 12.5. The Morgan fingerprint density at radius 3 is 2.81 bits per heavy atom. The Kier molecular flexibility index (Phi) is 4.90. The lowest BCUT2D eigenvalue weighted by Crippen LogP contribution is -2.32. The molecule has 0 fully saturated rings. The number of nitrogens with two attached hydrogens (primary N) is 1. The summed E-state index contributed by atoms with van der Waals surface area (Å²) in [6.07, 6.45) is 0.865. The van der Waals surface area contributed by atoms with E-state index in [0.29, 0.717) is 17.1 Å². The molecule has 1 aromatic carbocycles. The van der Waals surface area contributed by atoms with Gasteiger partial charge in [0.15, 0.2) is 0 Å². The number of amides is 1. The van der Waals surface area contributed by atoms with Crippen molar-refractivity contribution in [3.8, 4) is 0 Å².